The van der Waals surface area contributed by atoms with E-state index in [-0.39, 0.29) is 0 Å². The lowest BCUT2D eigenvalue weighted by atomic mass is 10.2. The number of amidine groups is 1. The molecule has 0 saturated heterocycles. The number of nitrogens with zero attached hydrogens (tertiary/aromatic N) is 2. The van der Waals surface area contributed by atoms with Gasteiger partial charge in [-0.1, -0.05) is 54.6 Å². The van der Waals surface area contributed by atoms with Crippen molar-refractivity contribution in [2.24, 2.45) is 4.99 Å². The molecule has 0 atom stereocenters. The number of rotatable bonds is 3. The van der Waals surface area contributed by atoms with Crippen LogP contribution in [0.4, 0.5) is 5.69 Å². The van der Waals surface area contributed by atoms with Gasteiger partial charge < -0.3 is 4.90 Å². The first-order valence-corrected chi connectivity index (χ1v) is 6.30. The summed E-state index contributed by atoms with van der Waals surface area (Å²) in [6.45, 7) is 0. The van der Waals surface area contributed by atoms with Gasteiger partial charge in [-0.05, 0) is 23.8 Å². The lowest BCUT2D eigenvalue weighted by Gasteiger charge is -2.12. The average molecular weight is 250 g/mol. The summed E-state index contributed by atoms with van der Waals surface area (Å²) < 4.78 is 0. The van der Waals surface area contributed by atoms with Crippen molar-refractivity contribution in [1.82, 2.24) is 4.90 Å². The molecule has 96 valence electrons. The molecule has 2 aromatic carbocycles. The maximum absolute atomic E-state index is 4.63. The zero-order valence-electron chi connectivity index (χ0n) is 11.3. The number of benzene rings is 2. The first-order valence-electron chi connectivity index (χ1n) is 6.30. The Balaban J connectivity index is 2.22. The first kappa shape index (κ1) is 13.1. The molecule has 0 aromatic heterocycles. The van der Waals surface area contributed by atoms with Crippen molar-refractivity contribution in [3.8, 4) is 0 Å². The molecule has 0 aliphatic rings. The van der Waals surface area contributed by atoms with Crippen LogP contribution in [0, 0.1) is 0 Å². The number of para-hydroxylation sites is 1. The molecule has 0 bridgehead atoms. The van der Waals surface area contributed by atoms with E-state index in [0.29, 0.717) is 0 Å². The molecule has 2 rings (SSSR count). The van der Waals surface area contributed by atoms with E-state index in [1.807, 2.05) is 73.6 Å². The van der Waals surface area contributed by atoms with E-state index in [1.165, 1.54) is 5.56 Å². The van der Waals surface area contributed by atoms with Gasteiger partial charge in [0.1, 0.15) is 5.84 Å². The quantitative estimate of drug-likeness (QED) is 0.594. The van der Waals surface area contributed by atoms with E-state index in [1.54, 1.807) is 0 Å². The van der Waals surface area contributed by atoms with Crippen LogP contribution >= 0.6 is 0 Å². The van der Waals surface area contributed by atoms with Gasteiger partial charge in [-0.2, -0.15) is 0 Å². The molecule has 2 nitrogen and oxygen atoms in total. The van der Waals surface area contributed by atoms with E-state index in [2.05, 4.69) is 23.2 Å². The van der Waals surface area contributed by atoms with Crippen molar-refractivity contribution < 1.29 is 0 Å². The molecule has 0 saturated carbocycles. The third-order valence-corrected chi connectivity index (χ3v) is 2.68. The van der Waals surface area contributed by atoms with Crippen LogP contribution < -0.4 is 0 Å². The topological polar surface area (TPSA) is 15.6 Å². The predicted molar refractivity (Wildman–Crippen MR) is 82.7 cm³/mol. The second-order valence-electron chi connectivity index (χ2n) is 4.44. The van der Waals surface area contributed by atoms with Gasteiger partial charge in [0.25, 0.3) is 0 Å². The Bertz CT molecular complexity index is 554. The molecule has 0 fully saturated rings. The Labute approximate surface area is 114 Å². The summed E-state index contributed by atoms with van der Waals surface area (Å²) in [5.41, 5.74) is 2.13. The van der Waals surface area contributed by atoms with Gasteiger partial charge in [0.15, 0.2) is 0 Å². The third-order valence-electron chi connectivity index (χ3n) is 2.68. The maximum Gasteiger partial charge on any atom is 0.128 e. The van der Waals surface area contributed by atoms with Gasteiger partial charge >= 0.3 is 0 Å². The molecular weight excluding hydrogens is 232 g/mol. The average Bonchev–Trinajstić information content (AvgIpc) is 2.45. The van der Waals surface area contributed by atoms with E-state index < -0.39 is 0 Å². The number of hydrogen-bond donors (Lipinski definition) is 0. The number of hydrogen-bond acceptors (Lipinski definition) is 1. The highest BCUT2D eigenvalue weighted by Crippen LogP contribution is 2.11. The molecule has 0 radical (unpaired) electrons. The van der Waals surface area contributed by atoms with E-state index in [9.17, 15) is 0 Å². The fourth-order valence-corrected chi connectivity index (χ4v) is 1.66. The Morgan fingerprint density at radius 3 is 2.05 bits per heavy atom. The summed E-state index contributed by atoms with van der Waals surface area (Å²) in [4.78, 5) is 6.64. The fraction of sp³-hybridized carbons (Fsp3) is 0.118. The van der Waals surface area contributed by atoms with Crippen molar-refractivity contribution in [2.75, 3.05) is 14.1 Å². The predicted octanol–water partition coefficient (Wildman–Crippen LogP) is 3.99. The molecule has 0 unspecified atom stereocenters. The lowest BCUT2D eigenvalue weighted by molar-refractivity contribution is 0.627. The summed E-state index contributed by atoms with van der Waals surface area (Å²) in [7, 11) is 3.99. The molecule has 0 spiro atoms. The minimum Gasteiger partial charge on any atom is -0.363 e. The van der Waals surface area contributed by atoms with Gasteiger partial charge in [-0.3, -0.25) is 0 Å². The van der Waals surface area contributed by atoms with Gasteiger partial charge in [0, 0.05) is 14.1 Å². The summed E-state index contributed by atoms with van der Waals surface area (Å²) in [5, 5.41) is 0. The standard InChI is InChI=1S/C17H18N2/c1-19(2)17(18-16-11-7-4-8-12-16)14-13-15-9-5-3-6-10-15/h3-14H,1-2H3/b14-13+,18-17?. The highest BCUT2D eigenvalue weighted by molar-refractivity contribution is 5.97. The van der Waals surface area contributed by atoms with Crippen molar-refractivity contribution in [3.63, 3.8) is 0 Å². The van der Waals surface area contributed by atoms with Crippen molar-refractivity contribution >= 4 is 17.6 Å². The van der Waals surface area contributed by atoms with Crippen LogP contribution in [0.15, 0.2) is 71.7 Å². The summed E-state index contributed by atoms with van der Waals surface area (Å²) in [6, 6.07) is 20.2. The van der Waals surface area contributed by atoms with Crippen molar-refractivity contribution in [3.05, 3.63) is 72.3 Å². The van der Waals surface area contributed by atoms with E-state index >= 15 is 0 Å². The largest absolute Gasteiger partial charge is 0.363 e. The SMILES string of the molecule is CN(C)C(/C=C/c1ccccc1)=Nc1ccccc1. The van der Waals surface area contributed by atoms with Gasteiger partial charge in [0.2, 0.25) is 0 Å². The summed E-state index contributed by atoms with van der Waals surface area (Å²) >= 11 is 0. The minimum absolute atomic E-state index is 0.926. The zero-order valence-corrected chi connectivity index (χ0v) is 11.3. The van der Waals surface area contributed by atoms with Crippen molar-refractivity contribution in [1.29, 1.82) is 0 Å². The van der Waals surface area contributed by atoms with Gasteiger partial charge in [0.05, 0.1) is 5.69 Å². The summed E-state index contributed by atoms with van der Waals surface area (Å²) in [5.74, 6) is 0.926. The van der Waals surface area contributed by atoms with Gasteiger partial charge in [-0.25, -0.2) is 4.99 Å². The Kier molecular flexibility index (Phi) is 4.51. The molecule has 2 heteroatoms. The fourth-order valence-electron chi connectivity index (χ4n) is 1.66. The molecule has 0 heterocycles. The molecule has 0 N–H and O–H groups in total. The van der Waals surface area contributed by atoms with Crippen LogP contribution in [0.1, 0.15) is 5.56 Å². The number of aliphatic imine (C=N–C) groups is 1. The first-order chi connectivity index (χ1) is 9.25. The minimum atomic E-state index is 0.926. The smallest absolute Gasteiger partial charge is 0.128 e. The van der Waals surface area contributed by atoms with E-state index in [4.69, 9.17) is 0 Å². The van der Waals surface area contributed by atoms with Gasteiger partial charge in [-0.15, -0.1) is 0 Å². The molecule has 2 aromatic rings. The monoisotopic (exact) mass is 250 g/mol. The molecule has 0 amide bonds. The lowest BCUT2D eigenvalue weighted by Crippen LogP contribution is -2.19. The molecule has 0 aliphatic carbocycles. The van der Waals surface area contributed by atoms with Crippen LogP contribution in [0.25, 0.3) is 6.08 Å². The third kappa shape index (κ3) is 4.11. The molecular formula is C17H18N2. The second kappa shape index (κ2) is 6.55. The maximum atomic E-state index is 4.63. The van der Waals surface area contributed by atoms with Crippen LogP contribution in [0.3, 0.4) is 0 Å². The zero-order chi connectivity index (χ0) is 13.5. The summed E-state index contributed by atoms with van der Waals surface area (Å²) in [6.07, 6.45) is 4.10. The Morgan fingerprint density at radius 1 is 0.895 bits per heavy atom. The van der Waals surface area contributed by atoms with Crippen molar-refractivity contribution in [2.45, 2.75) is 0 Å². The van der Waals surface area contributed by atoms with Crippen LogP contribution in [0.2, 0.25) is 0 Å². The second-order valence-corrected chi connectivity index (χ2v) is 4.44. The Hall–Kier alpha value is -2.35. The highest BCUT2D eigenvalue weighted by Gasteiger charge is 1.97. The Morgan fingerprint density at radius 2 is 1.47 bits per heavy atom. The van der Waals surface area contributed by atoms with Crippen LogP contribution in [-0.2, 0) is 0 Å². The molecule has 0 aliphatic heterocycles. The normalized spacial score (nSPS) is 11.8. The highest BCUT2D eigenvalue weighted by atomic mass is 15.1. The number of likely N-dealkylation sites (N-methyl/N-ethyl adjacent to an activating group) is 1. The van der Waals surface area contributed by atoms with E-state index in [0.717, 1.165) is 11.5 Å². The van der Waals surface area contributed by atoms with Crippen LogP contribution in [0.5, 0.6) is 0 Å². The van der Waals surface area contributed by atoms with Crippen LogP contribution in [-0.4, -0.2) is 24.8 Å². The molecule has 19 heavy (non-hydrogen) atoms.